The van der Waals surface area contributed by atoms with Gasteiger partial charge in [0.1, 0.15) is 12.4 Å². The van der Waals surface area contributed by atoms with E-state index in [2.05, 4.69) is 5.32 Å². The van der Waals surface area contributed by atoms with Crippen molar-refractivity contribution in [3.8, 4) is 17.2 Å². The smallest absolute Gasteiger partial charge is 0.338 e. The Hall–Kier alpha value is -3.26. The molecule has 152 valence electrons. The maximum absolute atomic E-state index is 12.1. The molecule has 1 fully saturated rings. The Morgan fingerprint density at radius 3 is 2.69 bits per heavy atom. The molecule has 0 unspecified atom stereocenters. The number of anilines is 1. The second kappa shape index (κ2) is 8.83. The normalized spacial score (nSPS) is 17.0. The van der Waals surface area contributed by atoms with Gasteiger partial charge in [-0.15, -0.1) is 0 Å². The third kappa shape index (κ3) is 4.97. The Labute approximate surface area is 167 Å². The van der Waals surface area contributed by atoms with Crippen LogP contribution in [-0.4, -0.2) is 44.6 Å². The largest absolute Gasteiger partial charge is 0.491 e. The van der Waals surface area contributed by atoms with Crippen molar-refractivity contribution < 1.29 is 33.3 Å². The number of carbonyl (C=O) groups is 2. The SMILES string of the molecule is O=C(COC(=O)c1ccc(OC[C@@H]2CCCO2)cc1)Nc1ccc2c(c1)OCO2. The third-order valence-electron chi connectivity index (χ3n) is 4.54. The zero-order valence-corrected chi connectivity index (χ0v) is 15.7. The molecule has 0 saturated carbocycles. The number of carbonyl (C=O) groups excluding carboxylic acids is 2. The number of rotatable bonds is 7. The van der Waals surface area contributed by atoms with Gasteiger partial charge in [0.15, 0.2) is 18.1 Å². The van der Waals surface area contributed by atoms with E-state index in [4.69, 9.17) is 23.7 Å². The summed E-state index contributed by atoms with van der Waals surface area (Å²) < 4.78 is 26.7. The summed E-state index contributed by atoms with van der Waals surface area (Å²) >= 11 is 0. The van der Waals surface area contributed by atoms with Gasteiger partial charge >= 0.3 is 5.97 Å². The minimum absolute atomic E-state index is 0.128. The summed E-state index contributed by atoms with van der Waals surface area (Å²) in [6.07, 6.45) is 2.18. The van der Waals surface area contributed by atoms with Crippen LogP contribution < -0.4 is 19.5 Å². The van der Waals surface area contributed by atoms with Crippen molar-refractivity contribution in [2.24, 2.45) is 0 Å². The van der Waals surface area contributed by atoms with Gasteiger partial charge in [0.25, 0.3) is 5.91 Å². The first-order valence-corrected chi connectivity index (χ1v) is 9.38. The van der Waals surface area contributed by atoms with Crippen molar-refractivity contribution in [1.82, 2.24) is 0 Å². The van der Waals surface area contributed by atoms with Crippen LogP contribution in [0.5, 0.6) is 17.2 Å². The number of esters is 1. The fraction of sp³-hybridized carbons (Fsp3) is 0.333. The molecular weight excluding hydrogens is 378 g/mol. The number of nitrogens with one attached hydrogen (secondary N) is 1. The van der Waals surface area contributed by atoms with Crippen LogP contribution in [0.15, 0.2) is 42.5 Å². The quantitative estimate of drug-likeness (QED) is 0.716. The van der Waals surface area contributed by atoms with Crippen LogP contribution in [-0.2, 0) is 14.3 Å². The van der Waals surface area contributed by atoms with Gasteiger partial charge in [-0.2, -0.15) is 0 Å². The minimum Gasteiger partial charge on any atom is -0.491 e. The second-order valence-corrected chi connectivity index (χ2v) is 6.66. The molecule has 0 aliphatic carbocycles. The molecule has 29 heavy (non-hydrogen) atoms. The molecule has 8 heteroatoms. The summed E-state index contributed by atoms with van der Waals surface area (Å²) in [6, 6.07) is 11.6. The number of amides is 1. The second-order valence-electron chi connectivity index (χ2n) is 6.66. The summed E-state index contributed by atoms with van der Waals surface area (Å²) in [5, 5.41) is 2.65. The van der Waals surface area contributed by atoms with E-state index in [1.54, 1.807) is 42.5 Å². The molecule has 8 nitrogen and oxygen atoms in total. The molecule has 0 bridgehead atoms. The summed E-state index contributed by atoms with van der Waals surface area (Å²) in [6.45, 7) is 1.03. The lowest BCUT2D eigenvalue weighted by Gasteiger charge is -2.11. The third-order valence-corrected chi connectivity index (χ3v) is 4.54. The monoisotopic (exact) mass is 399 g/mol. The summed E-state index contributed by atoms with van der Waals surface area (Å²) in [7, 11) is 0. The first-order valence-electron chi connectivity index (χ1n) is 9.38. The molecule has 2 heterocycles. The molecule has 4 rings (SSSR count). The van der Waals surface area contributed by atoms with Crippen LogP contribution >= 0.6 is 0 Å². The summed E-state index contributed by atoms with van der Waals surface area (Å²) in [4.78, 5) is 24.2. The molecular formula is C21H21NO7. The molecule has 2 aromatic rings. The summed E-state index contributed by atoms with van der Waals surface area (Å²) in [5.74, 6) is 0.794. The topological polar surface area (TPSA) is 92.3 Å². The average Bonchev–Trinajstić information content (AvgIpc) is 3.42. The Kier molecular flexibility index (Phi) is 5.81. The number of hydrogen-bond donors (Lipinski definition) is 1. The highest BCUT2D eigenvalue weighted by atomic mass is 16.7. The first-order chi connectivity index (χ1) is 14.2. The number of fused-ring (bicyclic) bond motifs is 1. The van der Waals surface area contributed by atoms with Crippen LogP contribution in [0.4, 0.5) is 5.69 Å². The predicted molar refractivity (Wildman–Crippen MR) is 102 cm³/mol. The van der Waals surface area contributed by atoms with Crippen molar-refractivity contribution in [2.75, 3.05) is 31.9 Å². The summed E-state index contributed by atoms with van der Waals surface area (Å²) in [5.41, 5.74) is 0.869. The molecule has 0 radical (unpaired) electrons. The molecule has 2 aliphatic rings. The fourth-order valence-electron chi connectivity index (χ4n) is 3.04. The molecule has 1 saturated heterocycles. The Morgan fingerprint density at radius 2 is 1.90 bits per heavy atom. The van der Waals surface area contributed by atoms with Crippen molar-refractivity contribution in [3.05, 3.63) is 48.0 Å². The van der Waals surface area contributed by atoms with Gasteiger partial charge in [0.05, 0.1) is 11.7 Å². The van der Waals surface area contributed by atoms with E-state index in [-0.39, 0.29) is 12.9 Å². The van der Waals surface area contributed by atoms with Crippen molar-refractivity contribution in [1.29, 1.82) is 0 Å². The van der Waals surface area contributed by atoms with Gasteiger partial charge in [-0.1, -0.05) is 0 Å². The minimum atomic E-state index is -0.587. The lowest BCUT2D eigenvalue weighted by Crippen LogP contribution is -2.21. The van der Waals surface area contributed by atoms with Gasteiger partial charge < -0.3 is 29.0 Å². The molecule has 2 aromatic carbocycles. The Balaban J connectivity index is 1.23. The highest BCUT2D eigenvalue weighted by Crippen LogP contribution is 2.34. The van der Waals surface area contributed by atoms with Crippen molar-refractivity contribution in [3.63, 3.8) is 0 Å². The molecule has 0 spiro atoms. The Morgan fingerprint density at radius 1 is 1.07 bits per heavy atom. The van der Waals surface area contributed by atoms with Crippen molar-refractivity contribution >= 4 is 17.6 Å². The Bertz CT molecular complexity index is 875. The lowest BCUT2D eigenvalue weighted by molar-refractivity contribution is -0.119. The van der Waals surface area contributed by atoms with E-state index >= 15 is 0 Å². The van der Waals surface area contributed by atoms with Crippen LogP contribution in [0.1, 0.15) is 23.2 Å². The van der Waals surface area contributed by atoms with Gasteiger partial charge in [-0.3, -0.25) is 4.79 Å². The van der Waals surface area contributed by atoms with Gasteiger partial charge in [0.2, 0.25) is 6.79 Å². The number of benzene rings is 2. The van der Waals surface area contributed by atoms with Crippen LogP contribution in [0.2, 0.25) is 0 Å². The van der Waals surface area contributed by atoms with Crippen LogP contribution in [0, 0.1) is 0 Å². The fourth-order valence-corrected chi connectivity index (χ4v) is 3.04. The molecule has 1 N–H and O–H groups in total. The van der Waals surface area contributed by atoms with E-state index in [1.807, 2.05) is 0 Å². The highest BCUT2D eigenvalue weighted by molar-refractivity contribution is 5.95. The van der Waals surface area contributed by atoms with E-state index in [0.29, 0.717) is 35.1 Å². The molecule has 1 atom stereocenters. The lowest BCUT2D eigenvalue weighted by atomic mass is 10.2. The van der Waals surface area contributed by atoms with Crippen LogP contribution in [0.25, 0.3) is 0 Å². The van der Waals surface area contributed by atoms with Gasteiger partial charge in [-0.05, 0) is 49.2 Å². The average molecular weight is 399 g/mol. The molecule has 2 aliphatic heterocycles. The van der Waals surface area contributed by atoms with E-state index in [9.17, 15) is 9.59 Å². The number of ether oxygens (including phenoxy) is 5. The zero-order valence-electron chi connectivity index (χ0n) is 15.7. The zero-order chi connectivity index (χ0) is 20.1. The van der Waals surface area contributed by atoms with Crippen molar-refractivity contribution in [2.45, 2.75) is 18.9 Å². The maximum atomic E-state index is 12.1. The maximum Gasteiger partial charge on any atom is 0.338 e. The number of hydrogen-bond acceptors (Lipinski definition) is 7. The van der Waals surface area contributed by atoms with Gasteiger partial charge in [0, 0.05) is 18.4 Å². The van der Waals surface area contributed by atoms with Gasteiger partial charge in [-0.25, -0.2) is 4.79 Å². The van der Waals surface area contributed by atoms with E-state index in [1.165, 1.54) is 0 Å². The molecule has 0 aromatic heterocycles. The highest BCUT2D eigenvalue weighted by Gasteiger charge is 2.17. The standard InChI is InChI=1S/C21H21NO7/c23-20(22-15-5-8-18-19(10-15)29-13-28-18)12-27-21(24)14-3-6-16(7-4-14)26-11-17-2-1-9-25-17/h3-8,10,17H,1-2,9,11-13H2,(H,22,23)/t17-/m0/s1. The van der Waals surface area contributed by atoms with E-state index in [0.717, 1.165) is 19.4 Å². The van der Waals surface area contributed by atoms with Crippen LogP contribution in [0.3, 0.4) is 0 Å². The molecule has 1 amide bonds. The first kappa shape index (κ1) is 19.1. The predicted octanol–water partition coefficient (Wildman–Crippen LogP) is 2.77. The van der Waals surface area contributed by atoms with E-state index < -0.39 is 18.5 Å².